The lowest BCUT2D eigenvalue weighted by Gasteiger charge is -2.11. The van der Waals surface area contributed by atoms with E-state index < -0.39 is 0 Å². The third kappa shape index (κ3) is 3.68. The maximum Gasteiger partial charge on any atom is 0.117 e. The Labute approximate surface area is 50.7 Å². The Kier molecular flexibility index (Phi) is 3.28. The molecule has 0 aliphatic heterocycles. The Morgan fingerprint density at radius 1 is 1.62 bits per heavy atom. The van der Waals surface area contributed by atoms with Gasteiger partial charge in [-0.1, -0.05) is 13.5 Å². The van der Waals surface area contributed by atoms with Crippen molar-refractivity contribution in [3.63, 3.8) is 0 Å². The number of allylic oxidation sites excluding steroid dienone is 1. The maximum absolute atomic E-state index is 5.04. The Morgan fingerprint density at radius 2 is 2.12 bits per heavy atom. The second kappa shape index (κ2) is 3.50. The van der Waals surface area contributed by atoms with Gasteiger partial charge in [0.15, 0.2) is 0 Å². The molecule has 0 amide bonds. The third-order valence-corrected chi connectivity index (χ3v) is 0.706. The normalized spacial score (nSPS) is 9.50. The van der Waals surface area contributed by atoms with Crippen LogP contribution in [0.1, 0.15) is 13.3 Å². The Bertz CT molecular complexity index is 78.6. The summed E-state index contributed by atoms with van der Waals surface area (Å²) in [5.41, 5.74) is 0. The molecule has 2 nitrogen and oxygen atoms in total. The van der Waals surface area contributed by atoms with E-state index in [1.165, 1.54) is 0 Å². The smallest absolute Gasteiger partial charge is 0.117 e. The van der Waals surface area contributed by atoms with Crippen LogP contribution in [0.4, 0.5) is 0 Å². The predicted octanol–water partition coefficient (Wildman–Crippen LogP) is 1.40. The van der Waals surface area contributed by atoms with Crippen molar-refractivity contribution in [1.29, 1.82) is 0 Å². The molecule has 0 aromatic heterocycles. The van der Waals surface area contributed by atoms with Gasteiger partial charge in [-0.25, -0.2) is 0 Å². The molecule has 0 spiro atoms. The van der Waals surface area contributed by atoms with Gasteiger partial charge in [-0.3, -0.25) is 0 Å². The molecule has 8 heavy (non-hydrogen) atoms. The fourth-order valence-corrected chi connectivity index (χ4v) is 0.323. The monoisotopic (exact) mass is 115 g/mol. The number of rotatable bonds is 3. The van der Waals surface area contributed by atoms with Crippen LogP contribution in [0.3, 0.4) is 0 Å². The summed E-state index contributed by atoms with van der Waals surface area (Å²) in [6, 6.07) is 0. The predicted molar refractivity (Wildman–Crippen MR) is 34.2 cm³/mol. The van der Waals surface area contributed by atoms with Crippen LogP contribution in [0, 0.1) is 0 Å². The van der Waals surface area contributed by atoms with Crippen LogP contribution in [0.15, 0.2) is 12.3 Å². The summed E-state index contributed by atoms with van der Waals surface area (Å²) in [5.74, 6) is 0.801. The molecule has 0 aliphatic rings. The van der Waals surface area contributed by atoms with E-state index in [0.29, 0.717) is 0 Å². The minimum atomic E-state index is 0.801. The zero-order valence-electron chi connectivity index (χ0n) is 5.77. The summed E-state index contributed by atoms with van der Waals surface area (Å²) in [5, 5.41) is 1.63. The van der Waals surface area contributed by atoms with Crippen LogP contribution < -0.4 is 0 Å². The molecule has 0 aromatic carbocycles. The molecule has 0 unspecified atom stereocenters. The lowest BCUT2D eigenvalue weighted by molar-refractivity contribution is -0.0755. The molecule has 0 aliphatic carbocycles. The summed E-state index contributed by atoms with van der Waals surface area (Å²) >= 11 is 0. The Morgan fingerprint density at radius 3 is 2.25 bits per heavy atom. The SMILES string of the molecule is C=C(CC)ON(C)C. The summed E-state index contributed by atoms with van der Waals surface area (Å²) in [7, 11) is 3.67. The third-order valence-electron chi connectivity index (χ3n) is 0.706. The zero-order chi connectivity index (χ0) is 6.57. The van der Waals surface area contributed by atoms with Gasteiger partial charge in [0.05, 0.1) is 0 Å². The van der Waals surface area contributed by atoms with Crippen LogP contribution >= 0.6 is 0 Å². The van der Waals surface area contributed by atoms with Gasteiger partial charge in [-0.2, -0.15) is 5.06 Å². The number of hydrogen-bond donors (Lipinski definition) is 0. The quantitative estimate of drug-likeness (QED) is 0.407. The average Bonchev–Trinajstić information content (AvgIpc) is 1.65. The van der Waals surface area contributed by atoms with E-state index in [0.717, 1.165) is 12.2 Å². The van der Waals surface area contributed by atoms with E-state index in [2.05, 4.69) is 6.58 Å². The highest BCUT2D eigenvalue weighted by atomic mass is 16.7. The van der Waals surface area contributed by atoms with E-state index in [1.54, 1.807) is 5.06 Å². The Balaban J connectivity index is 3.25. The lowest BCUT2D eigenvalue weighted by Crippen LogP contribution is -2.10. The van der Waals surface area contributed by atoms with Gasteiger partial charge in [0.2, 0.25) is 0 Å². The largest absolute Gasteiger partial charge is 0.412 e. The molecule has 0 rings (SSSR count). The molecule has 0 atom stereocenters. The standard InChI is InChI=1S/C6H13NO/c1-5-6(2)8-7(3)4/h2,5H2,1,3-4H3. The lowest BCUT2D eigenvalue weighted by atomic mass is 10.4. The summed E-state index contributed by atoms with van der Waals surface area (Å²) in [6.45, 7) is 5.66. The molecule has 0 N–H and O–H groups in total. The molecule has 48 valence electrons. The summed E-state index contributed by atoms with van der Waals surface area (Å²) in [4.78, 5) is 5.04. The molecular formula is C6H13NO. The van der Waals surface area contributed by atoms with Crippen LogP contribution in [-0.4, -0.2) is 19.2 Å². The molecule has 0 heterocycles. The first kappa shape index (κ1) is 7.50. The maximum atomic E-state index is 5.04. The van der Waals surface area contributed by atoms with Crippen molar-refractivity contribution in [1.82, 2.24) is 5.06 Å². The van der Waals surface area contributed by atoms with Gasteiger partial charge in [0.25, 0.3) is 0 Å². The molecule has 0 fully saturated rings. The fourth-order valence-electron chi connectivity index (χ4n) is 0.323. The molecule has 0 radical (unpaired) electrons. The van der Waals surface area contributed by atoms with Crippen molar-refractivity contribution < 1.29 is 4.84 Å². The van der Waals surface area contributed by atoms with Crippen molar-refractivity contribution in [2.24, 2.45) is 0 Å². The van der Waals surface area contributed by atoms with Gasteiger partial charge >= 0.3 is 0 Å². The van der Waals surface area contributed by atoms with Crippen LogP contribution in [0.5, 0.6) is 0 Å². The van der Waals surface area contributed by atoms with Gasteiger partial charge < -0.3 is 4.84 Å². The highest BCUT2D eigenvalue weighted by molar-refractivity contribution is 4.77. The number of hydroxylamine groups is 2. The molecule has 0 bridgehead atoms. The number of nitrogens with zero attached hydrogens (tertiary/aromatic N) is 1. The molecule has 0 saturated heterocycles. The highest BCUT2D eigenvalue weighted by Gasteiger charge is 1.89. The van der Waals surface area contributed by atoms with E-state index in [9.17, 15) is 0 Å². The van der Waals surface area contributed by atoms with Crippen LogP contribution in [-0.2, 0) is 4.84 Å². The number of hydrogen-bond acceptors (Lipinski definition) is 2. The first-order valence-electron chi connectivity index (χ1n) is 2.70. The van der Waals surface area contributed by atoms with Gasteiger partial charge in [0.1, 0.15) is 5.76 Å². The van der Waals surface area contributed by atoms with Crippen LogP contribution in [0.25, 0.3) is 0 Å². The van der Waals surface area contributed by atoms with Gasteiger partial charge in [-0.15, -0.1) is 0 Å². The summed E-state index contributed by atoms with van der Waals surface area (Å²) < 4.78 is 0. The first-order valence-corrected chi connectivity index (χ1v) is 2.70. The summed E-state index contributed by atoms with van der Waals surface area (Å²) in [6.07, 6.45) is 0.873. The van der Waals surface area contributed by atoms with E-state index in [1.807, 2.05) is 21.0 Å². The topological polar surface area (TPSA) is 12.5 Å². The molecule has 2 heteroatoms. The first-order chi connectivity index (χ1) is 3.66. The molecule has 0 saturated carbocycles. The fraction of sp³-hybridized carbons (Fsp3) is 0.667. The van der Waals surface area contributed by atoms with Crippen molar-refractivity contribution in [2.45, 2.75) is 13.3 Å². The van der Waals surface area contributed by atoms with Crippen LogP contribution in [0.2, 0.25) is 0 Å². The van der Waals surface area contributed by atoms with Crippen molar-refractivity contribution in [3.05, 3.63) is 12.3 Å². The second-order valence-corrected chi connectivity index (χ2v) is 1.80. The molecular weight excluding hydrogens is 102 g/mol. The van der Waals surface area contributed by atoms with Crippen molar-refractivity contribution >= 4 is 0 Å². The van der Waals surface area contributed by atoms with E-state index >= 15 is 0 Å². The minimum absolute atomic E-state index is 0.801. The van der Waals surface area contributed by atoms with E-state index in [4.69, 9.17) is 4.84 Å². The Hall–Kier alpha value is -0.500. The average molecular weight is 115 g/mol. The van der Waals surface area contributed by atoms with Crippen molar-refractivity contribution in [3.8, 4) is 0 Å². The minimum Gasteiger partial charge on any atom is -0.412 e. The van der Waals surface area contributed by atoms with E-state index in [-0.39, 0.29) is 0 Å². The van der Waals surface area contributed by atoms with Gasteiger partial charge in [0, 0.05) is 20.5 Å². The second-order valence-electron chi connectivity index (χ2n) is 1.80. The van der Waals surface area contributed by atoms with Crippen molar-refractivity contribution in [2.75, 3.05) is 14.1 Å². The highest BCUT2D eigenvalue weighted by Crippen LogP contribution is 1.98. The van der Waals surface area contributed by atoms with Gasteiger partial charge in [-0.05, 0) is 0 Å². The zero-order valence-corrected chi connectivity index (χ0v) is 5.77. The molecule has 0 aromatic rings.